The highest BCUT2D eigenvalue weighted by Gasteiger charge is 2.40. The molecule has 5 nitrogen and oxygen atoms in total. The molecule has 0 radical (unpaired) electrons. The molecular formula is C16H21NO4. The van der Waals surface area contributed by atoms with E-state index < -0.39 is 17.5 Å². The van der Waals surface area contributed by atoms with Gasteiger partial charge in [0.2, 0.25) is 0 Å². The molecule has 21 heavy (non-hydrogen) atoms. The molecule has 1 fully saturated rings. The second-order valence-corrected chi connectivity index (χ2v) is 6.34. The van der Waals surface area contributed by atoms with Crippen LogP contribution < -0.4 is 0 Å². The van der Waals surface area contributed by atoms with Gasteiger partial charge in [0, 0.05) is 12.1 Å². The van der Waals surface area contributed by atoms with Crippen LogP contribution in [0.1, 0.15) is 49.2 Å². The van der Waals surface area contributed by atoms with Gasteiger partial charge in [-0.15, -0.1) is 0 Å². The molecule has 1 aromatic rings. The lowest BCUT2D eigenvalue weighted by Crippen LogP contribution is -2.34. The standard InChI is InChI=1S/C16H21NO4/c1-16(2,3)21-17-9-12(15(19)20)8-14(17)13-7-5-4-6-11(13)10-18/h4-7,10,12,14H,8-9H2,1-3H3,(H,19,20)/t12-,14-/m0/s1. The van der Waals surface area contributed by atoms with Crippen LogP contribution in [0.3, 0.4) is 0 Å². The maximum Gasteiger partial charge on any atom is 0.307 e. The first kappa shape index (κ1) is 15.7. The quantitative estimate of drug-likeness (QED) is 0.864. The third-order valence-electron chi connectivity index (χ3n) is 3.48. The van der Waals surface area contributed by atoms with Crippen molar-refractivity contribution in [3.63, 3.8) is 0 Å². The summed E-state index contributed by atoms with van der Waals surface area (Å²) in [6.07, 6.45) is 1.25. The summed E-state index contributed by atoms with van der Waals surface area (Å²) in [5, 5.41) is 11.0. The number of rotatable bonds is 4. The predicted molar refractivity (Wildman–Crippen MR) is 77.9 cm³/mol. The van der Waals surface area contributed by atoms with Crippen molar-refractivity contribution < 1.29 is 19.5 Å². The predicted octanol–water partition coefficient (Wildman–Crippen LogP) is 2.68. The van der Waals surface area contributed by atoms with Crippen LogP contribution in [0.5, 0.6) is 0 Å². The number of hydroxylamine groups is 2. The minimum Gasteiger partial charge on any atom is -0.481 e. The molecule has 1 aliphatic rings. The van der Waals surface area contributed by atoms with Crippen LogP contribution in [0.15, 0.2) is 24.3 Å². The number of carboxylic acid groups (broad SMARTS) is 1. The van der Waals surface area contributed by atoms with Crippen LogP contribution >= 0.6 is 0 Å². The Bertz CT molecular complexity index is 535. The highest BCUT2D eigenvalue weighted by atomic mass is 16.7. The van der Waals surface area contributed by atoms with Gasteiger partial charge in [0.1, 0.15) is 6.29 Å². The summed E-state index contributed by atoms with van der Waals surface area (Å²) in [5.41, 5.74) is 0.985. The van der Waals surface area contributed by atoms with Crippen molar-refractivity contribution >= 4 is 12.3 Å². The van der Waals surface area contributed by atoms with Crippen LogP contribution in [0, 0.1) is 5.92 Å². The summed E-state index contributed by atoms with van der Waals surface area (Å²) in [7, 11) is 0. The second kappa shape index (κ2) is 5.95. The number of carbonyl (C=O) groups is 2. The number of hydrogen-bond donors (Lipinski definition) is 1. The van der Waals surface area contributed by atoms with Gasteiger partial charge in [-0.05, 0) is 32.8 Å². The number of hydrogen-bond acceptors (Lipinski definition) is 4. The summed E-state index contributed by atoms with van der Waals surface area (Å²) in [6, 6.07) is 7.03. The first-order valence-electron chi connectivity index (χ1n) is 7.04. The highest BCUT2D eigenvalue weighted by molar-refractivity contribution is 5.78. The zero-order valence-corrected chi connectivity index (χ0v) is 12.6. The zero-order valence-electron chi connectivity index (χ0n) is 12.6. The van der Waals surface area contributed by atoms with E-state index in [9.17, 15) is 14.7 Å². The van der Waals surface area contributed by atoms with Crippen LogP contribution in [0.25, 0.3) is 0 Å². The largest absolute Gasteiger partial charge is 0.481 e. The summed E-state index contributed by atoms with van der Waals surface area (Å²) < 4.78 is 0. The Balaban J connectivity index is 2.33. The maximum absolute atomic E-state index is 11.3. The molecule has 0 bridgehead atoms. The average Bonchev–Trinajstić information content (AvgIpc) is 2.80. The molecule has 1 aromatic carbocycles. The van der Waals surface area contributed by atoms with Gasteiger partial charge >= 0.3 is 5.97 Å². The molecule has 1 aliphatic heterocycles. The van der Waals surface area contributed by atoms with Crippen molar-refractivity contribution in [1.29, 1.82) is 0 Å². The van der Waals surface area contributed by atoms with Gasteiger partial charge in [0.15, 0.2) is 0 Å². The number of aldehydes is 1. The Morgan fingerprint density at radius 3 is 2.62 bits per heavy atom. The summed E-state index contributed by atoms with van der Waals surface area (Å²) in [5.74, 6) is -1.32. The molecule has 2 rings (SSSR count). The third-order valence-corrected chi connectivity index (χ3v) is 3.48. The Hall–Kier alpha value is -1.72. The number of nitrogens with zero attached hydrogens (tertiary/aromatic N) is 1. The van der Waals surface area contributed by atoms with E-state index in [0.29, 0.717) is 18.5 Å². The van der Waals surface area contributed by atoms with Crippen molar-refractivity contribution in [2.45, 2.75) is 38.8 Å². The van der Waals surface area contributed by atoms with Gasteiger partial charge in [0.25, 0.3) is 0 Å². The summed E-state index contributed by atoms with van der Waals surface area (Å²) in [4.78, 5) is 28.4. The molecule has 114 valence electrons. The Morgan fingerprint density at radius 1 is 1.38 bits per heavy atom. The maximum atomic E-state index is 11.3. The second-order valence-electron chi connectivity index (χ2n) is 6.34. The molecule has 0 saturated carbocycles. The average molecular weight is 291 g/mol. The van der Waals surface area contributed by atoms with Gasteiger partial charge < -0.3 is 5.11 Å². The van der Waals surface area contributed by atoms with E-state index in [1.807, 2.05) is 32.9 Å². The fourth-order valence-corrected chi connectivity index (χ4v) is 2.64. The van der Waals surface area contributed by atoms with Gasteiger partial charge in [-0.25, -0.2) is 0 Å². The topological polar surface area (TPSA) is 66.8 Å². The molecule has 0 aliphatic carbocycles. The normalized spacial score (nSPS) is 23.2. The molecule has 0 unspecified atom stereocenters. The molecule has 0 spiro atoms. The molecule has 1 N–H and O–H groups in total. The summed E-state index contributed by atoms with van der Waals surface area (Å²) >= 11 is 0. The van der Waals surface area contributed by atoms with Gasteiger partial charge in [-0.1, -0.05) is 24.3 Å². The van der Waals surface area contributed by atoms with E-state index in [-0.39, 0.29) is 6.04 Å². The van der Waals surface area contributed by atoms with Gasteiger partial charge in [-0.2, -0.15) is 5.06 Å². The SMILES string of the molecule is CC(C)(C)ON1C[C@@H](C(=O)O)C[C@H]1c1ccccc1C=O. The molecule has 0 amide bonds. The zero-order chi connectivity index (χ0) is 15.6. The highest BCUT2D eigenvalue weighted by Crippen LogP contribution is 2.38. The lowest BCUT2D eigenvalue weighted by molar-refractivity contribution is -0.239. The lowest BCUT2D eigenvalue weighted by atomic mass is 9.96. The Kier molecular flexibility index (Phi) is 4.44. The van der Waals surface area contributed by atoms with Crippen molar-refractivity contribution in [3.05, 3.63) is 35.4 Å². The molecule has 0 aromatic heterocycles. The summed E-state index contributed by atoms with van der Waals surface area (Å²) in [6.45, 7) is 6.09. The van der Waals surface area contributed by atoms with E-state index >= 15 is 0 Å². The number of aliphatic carboxylic acids is 1. The number of carbonyl (C=O) groups excluding carboxylic acids is 1. The number of carboxylic acids is 1. The minimum atomic E-state index is -0.830. The van der Waals surface area contributed by atoms with E-state index in [0.717, 1.165) is 11.8 Å². The van der Waals surface area contributed by atoms with Crippen molar-refractivity contribution in [2.24, 2.45) is 5.92 Å². The van der Waals surface area contributed by atoms with Crippen LogP contribution in [0.2, 0.25) is 0 Å². The fraction of sp³-hybridized carbons (Fsp3) is 0.500. The van der Waals surface area contributed by atoms with Crippen LogP contribution in [-0.4, -0.2) is 34.6 Å². The molecular weight excluding hydrogens is 270 g/mol. The van der Waals surface area contributed by atoms with E-state index in [1.165, 1.54) is 0 Å². The van der Waals surface area contributed by atoms with E-state index in [4.69, 9.17) is 4.84 Å². The first-order valence-corrected chi connectivity index (χ1v) is 7.04. The first-order chi connectivity index (χ1) is 9.81. The van der Waals surface area contributed by atoms with Crippen LogP contribution in [-0.2, 0) is 9.63 Å². The molecule has 1 saturated heterocycles. The number of benzene rings is 1. The Labute approximate surface area is 124 Å². The smallest absolute Gasteiger partial charge is 0.307 e. The molecule has 2 atom stereocenters. The molecule has 5 heteroatoms. The lowest BCUT2D eigenvalue weighted by Gasteiger charge is -2.31. The van der Waals surface area contributed by atoms with Gasteiger partial charge in [-0.3, -0.25) is 14.4 Å². The van der Waals surface area contributed by atoms with Crippen molar-refractivity contribution in [2.75, 3.05) is 6.54 Å². The monoisotopic (exact) mass is 291 g/mol. The van der Waals surface area contributed by atoms with Crippen molar-refractivity contribution in [3.8, 4) is 0 Å². The van der Waals surface area contributed by atoms with Gasteiger partial charge in [0.05, 0.1) is 17.6 Å². The van der Waals surface area contributed by atoms with Crippen LogP contribution in [0.4, 0.5) is 0 Å². The fourth-order valence-electron chi connectivity index (χ4n) is 2.64. The molecule has 1 heterocycles. The van der Waals surface area contributed by atoms with E-state index in [2.05, 4.69) is 0 Å². The van der Waals surface area contributed by atoms with Crippen molar-refractivity contribution in [1.82, 2.24) is 5.06 Å². The van der Waals surface area contributed by atoms with E-state index in [1.54, 1.807) is 17.2 Å². The third kappa shape index (κ3) is 3.68. The minimum absolute atomic E-state index is 0.216. The Morgan fingerprint density at radius 2 is 2.05 bits per heavy atom.